The molecule has 0 radical (unpaired) electrons. The number of carbonyl (C=O) groups is 1. The lowest BCUT2D eigenvalue weighted by Crippen LogP contribution is -2.37. The molecule has 0 aliphatic rings. The molecule has 2 aromatic rings. The summed E-state index contributed by atoms with van der Waals surface area (Å²) >= 11 is 0. The van der Waals surface area contributed by atoms with Crippen LogP contribution in [0.4, 0.5) is 0 Å². The van der Waals surface area contributed by atoms with Crippen molar-refractivity contribution in [1.82, 2.24) is 15.1 Å². The average Bonchev–Trinajstić information content (AvgIpc) is 3.00. The third-order valence-corrected chi connectivity index (χ3v) is 5.36. The summed E-state index contributed by atoms with van der Waals surface area (Å²) in [5, 5.41) is 16.8. The van der Waals surface area contributed by atoms with Gasteiger partial charge in [-0.05, 0) is 50.2 Å². The molecule has 0 saturated heterocycles. The van der Waals surface area contributed by atoms with E-state index >= 15 is 0 Å². The Hall–Kier alpha value is -2.14. The van der Waals surface area contributed by atoms with Gasteiger partial charge in [-0.1, -0.05) is 32.0 Å². The molecule has 0 fully saturated rings. The first-order valence-electron chi connectivity index (χ1n) is 8.97. The third kappa shape index (κ3) is 4.10. The summed E-state index contributed by atoms with van der Waals surface area (Å²) in [7, 11) is 0. The molecule has 1 aromatic carbocycles. The maximum absolute atomic E-state index is 12.7. The number of amides is 1. The molecule has 0 atom stereocenters. The second kappa shape index (κ2) is 8.30. The van der Waals surface area contributed by atoms with Crippen LogP contribution in [-0.4, -0.2) is 33.9 Å². The Morgan fingerprint density at radius 3 is 2.52 bits per heavy atom. The zero-order valence-corrected chi connectivity index (χ0v) is 15.7. The van der Waals surface area contributed by atoms with Crippen molar-refractivity contribution < 1.29 is 9.90 Å². The molecule has 0 unspecified atom stereocenters. The number of nitrogens with zero attached hydrogens (tertiary/aromatic N) is 2. The molecule has 0 saturated carbocycles. The van der Waals surface area contributed by atoms with Crippen LogP contribution in [0, 0.1) is 19.3 Å². The number of hydrogen-bond acceptors (Lipinski definition) is 3. The maximum Gasteiger partial charge on any atom is 0.254 e. The van der Waals surface area contributed by atoms with E-state index in [0.717, 1.165) is 29.8 Å². The number of nitrogens with one attached hydrogen (secondary N) is 1. The van der Waals surface area contributed by atoms with Crippen molar-refractivity contribution in [3.05, 3.63) is 47.3 Å². The van der Waals surface area contributed by atoms with Gasteiger partial charge in [-0.2, -0.15) is 5.10 Å². The largest absolute Gasteiger partial charge is 0.396 e. The smallest absolute Gasteiger partial charge is 0.254 e. The molecule has 0 bridgehead atoms. The second-order valence-corrected chi connectivity index (χ2v) is 6.71. The summed E-state index contributed by atoms with van der Waals surface area (Å²) in [5.41, 5.74) is 3.46. The maximum atomic E-state index is 12.7. The number of benzene rings is 1. The van der Waals surface area contributed by atoms with E-state index in [9.17, 15) is 9.90 Å². The minimum atomic E-state index is -0.110. The van der Waals surface area contributed by atoms with Gasteiger partial charge in [0.25, 0.3) is 5.91 Å². The van der Waals surface area contributed by atoms with E-state index in [1.54, 1.807) is 6.20 Å². The highest BCUT2D eigenvalue weighted by Crippen LogP contribution is 2.29. The Labute approximate surface area is 150 Å². The van der Waals surface area contributed by atoms with Crippen molar-refractivity contribution in [1.29, 1.82) is 0 Å². The fraction of sp³-hybridized carbons (Fsp3) is 0.500. The van der Waals surface area contributed by atoms with E-state index in [0.29, 0.717) is 18.5 Å². The van der Waals surface area contributed by atoms with Gasteiger partial charge < -0.3 is 10.4 Å². The molecule has 0 aliphatic heterocycles. The summed E-state index contributed by atoms with van der Waals surface area (Å²) in [4.78, 5) is 12.7. The zero-order valence-electron chi connectivity index (χ0n) is 15.7. The molecule has 5 heteroatoms. The highest BCUT2D eigenvalue weighted by atomic mass is 16.3. The molecule has 1 amide bonds. The molecule has 0 aliphatic carbocycles. The molecule has 1 aromatic heterocycles. The number of rotatable bonds is 8. The fourth-order valence-electron chi connectivity index (χ4n) is 3.22. The molecule has 5 nitrogen and oxygen atoms in total. The lowest BCUT2D eigenvalue weighted by molar-refractivity contribution is 0.0906. The van der Waals surface area contributed by atoms with Gasteiger partial charge in [0.1, 0.15) is 0 Å². The second-order valence-electron chi connectivity index (χ2n) is 6.71. The van der Waals surface area contributed by atoms with Crippen molar-refractivity contribution in [2.24, 2.45) is 5.41 Å². The van der Waals surface area contributed by atoms with Crippen molar-refractivity contribution in [3.8, 4) is 5.69 Å². The normalized spacial score (nSPS) is 11.6. The summed E-state index contributed by atoms with van der Waals surface area (Å²) in [6.45, 7) is 8.85. The van der Waals surface area contributed by atoms with E-state index in [4.69, 9.17) is 0 Å². The molecule has 1 heterocycles. The van der Waals surface area contributed by atoms with Crippen LogP contribution in [0.25, 0.3) is 5.69 Å². The van der Waals surface area contributed by atoms with Crippen LogP contribution in [0.5, 0.6) is 0 Å². The van der Waals surface area contributed by atoms with E-state index < -0.39 is 0 Å². The minimum Gasteiger partial charge on any atom is -0.396 e. The topological polar surface area (TPSA) is 67.2 Å². The Balaban J connectivity index is 2.17. The highest BCUT2D eigenvalue weighted by molar-refractivity contribution is 5.95. The number of aliphatic hydroxyl groups is 1. The molecule has 2 N–H and O–H groups in total. The van der Waals surface area contributed by atoms with Crippen molar-refractivity contribution in [3.63, 3.8) is 0 Å². The Bertz CT molecular complexity index is 717. The predicted molar refractivity (Wildman–Crippen MR) is 100 cm³/mol. The Morgan fingerprint density at radius 1 is 1.24 bits per heavy atom. The van der Waals surface area contributed by atoms with Gasteiger partial charge in [0.15, 0.2) is 0 Å². The SMILES string of the molecule is CCC(CC)(CCO)CNC(=O)c1cnn(-c2ccccc2C)c1C. The predicted octanol–water partition coefficient (Wildman–Crippen LogP) is 3.41. The van der Waals surface area contributed by atoms with E-state index in [-0.39, 0.29) is 17.9 Å². The summed E-state index contributed by atoms with van der Waals surface area (Å²) in [5.74, 6) is -0.110. The number of hydrogen-bond donors (Lipinski definition) is 2. The quantitative estimate of drug-likeness (QED) is 0.772. The summed E-state index contributed by atoms with van der Waals surface area (Å²) < 4.78 is 1.81. The zero-order chi connectivity index (χ0) is 18.4. The first-order chi connectivity index (χ1) is 12.0. The number of carbonyl (C=O) groups excluding carboxylic acids is 1. The third-order valence-electron chi connectivity index (χ3n) is 5.36. The van der Waals surface area contributed by atoms with Gasteiger partial charge in [0.05, 0.1) is 23.1 Å². The first-order valence-corrected chi connectivity index (χ1v) is 8.97. The molecular weight excluding hydrogens is 314 g/mol. The van der Waals surface area contributed by atoms with Gasteiger partial charge in [0.2, 0.25) is 0 Å². The van der Waals surface area contributed by atoms with Crippen LogP contribution in [-0.2, 0) is 0 Å². The Kier molecular flexibility index (Phi) is 6.37. The van der Waals surface area contributed by atoms with Crippen LogP contribution in [0.1, 0.15) is 54.7 Å². The van der Waals surface area contributed by atoms with Crippen LogP contribution >= 0.6 is 0 Å². The van der Waals surface area contributed by atoms with Gasteiger partial charge in [0, 0.05) is 13.2 Å². The molecule has 25 heavy (non-hydrogen) atoms. The number of aryl methyl sites for hydroxylation is 1. The first kappa shape index (κ1) is 19.2. The number of para-hydroxylation sites is 1. The van der Waals surface area contributed by atoms with Crippen LogP contribution in [0.3, 0.4) is 0 Å². The average molecular weight is 343 g/mol. The molecule has 136 valence electrons. The summed E-state index contributed by atoms with van der Waals surface area (Å²) in [6, 6.07) is 7.98. The number of aromatic nitrogens is 2. The van der Waals surface area contributed by atoms with Gasteiger partial charge in [-0.25, -0.2) is 4.68 Å². The van der Waals surface area contributed by atoms with Crippen molar-refractivity contribution >= 4 is 5.91 Å². The van der Waals surface area contributed by atoms with Gasteiger partial charge in [-0.15, -0.1) is 0 Å². The lowest BCUT2D eigenvalue weighted by Gasteiger charge is -2.31. The number of aliphatic hydroxyl groups excluding tert-OH is 1. The van der Waals surface area contributed by atoms with Crippen LogP contribution in [0.15, 0.2) is 30.5 Å². The fourth-order valence-corrected chi connectivity index (χ4v) is 3.22. The monoisotopic (exact) mass is 343 g/mol. The van der Waals surface area contributed by atoms with Crippen LogP contribution in [0.2, 0.25) is 0 Å². The van der Waals surface area contributed by atoms with E-state index in [1.807, 2.05) is 42.8 Å². The van der Waals surface area contributed by atoms with Gasteiger partial charge in [-0.3, -0.25) is 4.79 Å². The van der Waals surface area contributed by atoms with Crippen molar-refractivity contribution in [2.75, 3.05) is 13.2 Å². The van der Waals surface area contributed by atoms with E-state index in [2.05, 4.69) is 24.3 Å². The molecule has 2 rings (SSSR count). The minimum absolute atomic E-state index is 0.0513. The van der Waals surface area contributed by atoms with Gasteiger partial charge >= 0.3 is 0 Å². The van der Waals surface area contributed by atoms with E-state index in [1.165, 1.54) is 0 Å². The highest BCUT2D eigenvalue weighted by Gasteiger charge is 2.27. The van der Waals surface area contributed by atoms with Crippen molar-refractivity contribution in [2.45, 2.75) is 47.0 Å². The summed E-state index contributed by atoms with van der Waals surface area (Å²) in [6.07, 6.45) is 4.17. The lowest BCUT2D eigenvalue weighted by atomic mass is 9.79. The Morgan fingerprint density at radius 2 is 1.92 bits per heavy atom. The standard InChI is InChI=1S/C20H29N3O2/c1-5-20(6-2,11-12-24)14-21-19(25)17-13-22-23(16(17)4)18-10-8-7-9-15(18)3/h7-10,13,24H,5-6,11-12,14H2,1-4H3,(H,21,25). The molecular formula is C20H29N3O2. The van der Waals surface area contributed by atoms with Crippen LogP contribution < -0.4 is 5.32 Å². The molecule has 0 spiro atoms.